The molecule has 2 atom stereocenters. The Kier molecular flexibility index (Phi) is 4.00. The average Bonchev–Trinajstić information content (AvgIpc) is 2.41. The monoisotopic (exact) mass is 182 g/mol. The molecule has 13 heavy (non-hydrogen) atoms. The van der Waals surface area contributed by atoms with Gasteiger partial charge in [0.25, 0.3) is 0 Å². The zero-order valence-electron chi connectivity index (χ0n) is 8.45. The molecule has 1 aliphatic rings. The van der Waals surface area contributed by atoms with Crippen LogP contribution in [0.1, 0.15) is 32.6 Å². The molecule has 0 saturated heterocycles. The van der Waals surface area contributed by atoms with E-state index in [0.29, 0.717) is 0 Å². The number of carbonyl (C=O) groups is 1. The molecule has 0 saturated carbocycles. The van der Waals surface area contributed by atoms with Gasteiger partial charge in [0.1, 0.15) is 0 Å². The summed E-state index contributed by atoms with van der Waals surface area (Å²) in [6, 6.07) is 0. The first kappa shape index (κ1) is 10.3. The standard InChI is InChI=1S/C11H18O2/c1-3-9-5-4-6-10(8-7-9)11(12)13-2/h4,6,9-10H,3,5,7-8H2,1-2H3. The van der Waals surface area contributed by atoms with Gasteiger partial charge in [0.2, 0.25) is 0 Å². The summed E-state index contributed by atoms with van der Waals surface area (Å²) in [7, 11) is 1.46. The zero-order chi connectivity index (χ0) is 9.68. The van der Waals surface area contributed by atoms with Crippen LogP contribution in [0, 0.1) is 11.8 Å². The van der Waals surface area contributed by atoms with E-state index in [1.54, 1.807) is 0 Å². The van der Waals surface area contributed by atoms with E-state index in [2.05, 4.69) is 13.0 Å². The molecule has 0 radical (unpaired) electrons. The van der Waals surface area contributed by atoms with Crippen molar-refractivity contribution >= 4 is 5.97 Å². The fraction of sp³-hybridized carbons (Fsp3) is 0.727. The fourth-order valence-corrected chi connectivity index (χ4v) is 1.78. The summed E-state index contributed by atoms with van der Waals surface area (Å²) in [5.74, 6) is 0.667. The summed E-state index contributed by atoms with van der Waals surface area (Å²) in [5.41, 5.74) is 0. The Labute approximate surface area is 80.0 Å². The quantitative estimate of drug-likeness (QED) is 0.484. The maximum Gasteiger partial charge on any atom is 0.312 e. The molecule has 1 rings (SSSR count). The van der Waals surface area contributed by atoms with Gasteiger partial charge in [-0.1, -0.05) is 25.5 Å². The van der Waals surface area contributed by atoms with E-state index in [1.165, 1.54) is 13.5 Å². The van der Waals surface area contributed by atoms with Crippen molar-refractivity contribution in [2.45, 2.75) is 32.6 Å². The lowest BCUT2D eigenvalue weighted by atomic mass is 9.96. The molecule has 0 aromatic carbocycles. The number of hydrogen-bond acceptors (Lipinski definition) is 2. The van der Waals surface area contributed by atoms with Gasteiger partial charge >= 0.3 is 5.97 Å². The third kappa shape index (κ3) is 2.87. The van der Waals surface area contributed by atoms with Crippen LogP contribution in [0.25, 0.3) is 0 Å². The highest BCUT2D eigenvalue weighted by Gasteiger charge is 2.19. The minimum absolute atomic E-state index is 0.00144. The molecule has 0 aliphatic heterocycles. The fourth-order valence-electron chi connectivity index (χ4n) is 1.78. The molecule has 0 fully saturated rings. The Morgan fingerprint density at radius 2 is 2.31 bits per heavy atom. The van der Waals surface area contributed by atoms with E-state index in [0.717, 1.165) is 25.2 Å². The highest BCUT2D eigenvalue weighted by atomic mass is 16.5. The van der Waals surface area contributed by atoms with Gasteiger partial charge in [0, 0.05) is 0 Å². The molecular formula is C11H18O2. The number of ether oxygens (including phenoxy) is 1. The number of methoxy groups -OCH3 is 1. The van der Waals surface area contributed by atoms with Crippen LogP contribution in [0.5, 0.6) is 0 Å². The van der Waals surface area contributed by atoms with Gasteiger partial charge < -0.3 is 4.74 Å². The van der Waals surface area contributed by atoms with E-state index < -0.39 is 0 Å². The molecule has 2 heteroatoms. The Hall–Kier alpha value is -0.790. The molecule has 0 N–H and O–H groups in total. The summed E-state index contributed by atoms with van der Waals surface area (Å²) in [6.45, 7) is 2.21. The van der Waals surface area contributed by atoms with Crippen LogP contribution in [-0.2, 0) is 9.53 Å². The van der Waals surface area contributed by atoms with Gasteiger partial charge in [-0.3, -0.25) is 4.79 Å². The van der Waals surface area contributed by atoms with Crippen molar-refractivity contribution in [2.75, 3.05) is 7.11 Å². The van der Waals surface area contributed by atoms with Crippen LogP contribution in [0.15, 0.2) is 12.2 Å². The molecule has 0 aromatic rings. The van der Waals surface area contributed by atoms with Crippen molar-refractivity contribution in [1.29, 1.82) is 0 Å². The predicted molar refractivity (Wildman–Crippen MR) is 52.3 cm³/mol. The molecule has 1 aliphatic carbocycles. The predicted octanol–water partition coefficient (Wildman–Crippen LogP) is 2.54. The van der Waals surface area contributed by atoms with Gasteiger partial charge in [0.15, 0.2) is 0 Å². The van der Waals surface area contributed by atoms with E-state index >= 15 is 0 Å². The summed E-state index contributed by atoms with van der Waals surface area (Å²) in [6.07, 6.45) is 8.54. The third-order valence-electron chi connectivity index (χ3n) is 2.81. The van der Waals surface area contributed by atoms with Crippen LogP contribution in [0.4, 0.5) is 0 Å². The SMILES string of the molecule is CCC1CC=CC(C(=O)OC)CC1. The van der Waals surface area contributed by atoms with E-state index in [4.69, 9.17) is 4.74 Å². The molecule has 2 unspecified atom stereocenters. The topological polar surface area (TPSA) is 26.3 Å². The minimum atomic E-state index is -0.0898. The second kappa shape index (κ2) is 5.05. The molecule has 0 heterocycles. The van der Waals surface area contributed by atoms with Crippen molar-refractivity contribution in [1.82, 2.24) is 0 Å². The molecule has 0 bridgehead atoms. The first-order valence-electron chi connectivity index (χ1n) is 5.02. The van der Waals surface area contributed by atoms with Gasteiger partial charge in [0.05, 0.1) is 13.0 Å². The maximum absolute atomic E-state index is 11.2. The lowest BCUT2D eigenvalue weighted by Gasteiger charge is -2.11. The van der Waals surface area contributed by atoms with Gasteiger partial charge in [-0.25, -0.2) is 0 Å². The van der Waals surface area contributed by atoms with Gasteiger partial charge in [-0.05, 0) is 25.2 Å². The lowest BCUT2D eigenvalue weighted by Crippen LogP contribution is -2.13. The molecule has 74 valence electrons. The summed E-state index contributed by atoms with van der Waals surface area (Å²) >= 11 is 0. The summed E-state index contributed by atoms with van der Waals surface area (Å²) in [5, 5.41) is 0. The van der Waals surface area contributed by atoms with Crippen molar-refractivity contribution < 1.29 is 9.53 Å². The molecular weight excluding hydrogens is 164 g/mol. The largest absolute Gasteiger partial charge is 0.469 e. The molecule has 0 spiro atoms. The second-order valence-corrected chi connectivity index (χ2v) is 3.65. The third-order valence-corrected chi connectivity index (χ3v) is 2.81. The van der Waals surface area contributed by atoms with E-state index in [1.807, 2.05) is 6.08 Å². The number of carbonyl (C=O) groups excluding carboxylic acids is 1. The van der Waals surface area contributed by atoms with Crippen LogP contribution < -0.4 is 0 Å². The first-order valence-corrected chi connectivity index (χ1v) is 5.02. The second-order valence-electron chi connectivity index (χ2n) is 3.65. The maximum atomic E-state index is 11.2. The van der Waals surface area contributed by atoms with Crippen molar-refractivity contribution in [2.24, 2.45) is 11.8 Å². The van der Waals surface area contributed by atoms with Gasteiger partial charge in [-0.15, -0.1) is 0 Å². The van der Waals surface area contributed by atoms with Crippen molar-refractivity contribution in [3.05, 3.63) is 12.2 Å². The Balaban J connectivity index is 2.49. The zero-order valence-corrected chi connectivity index (χ0v) is 8.45. The van der Waals surface area contributed by atoms with Crippen LogP contribution in [0.3, 0.4) is 0 Å². The smallest absolute Gasteiger partial charge is 0.312 e. The van der Waals surface area contributed by atoms with Crippen LogP contribution in [0.2, 0.25) is 0 Å². The Morgan fingerprint density at radius 1 is 1.54 bits per heavy atom. The van der Waals surface area contributed by atoms with Crippen molar-refractivity contribution in [3.63, 3.8) is 0 Å². The molecule has 0 amide bonds. The summed E-state index contributed by atoms with van der Waals surface area (Å²) < 4.78 is 4.72. The number of allylic oxidation sites excluding steroid dienone is 1. The Morgan fingerprint density at radius 3 is 2.92 bits per heavy atom. The molecule has 0 aromatic heterocycles. The molecule has 2 nitrogen and oxygen atoms in total. The highest BCUT2D eigenvalue weighted by Crippen LogP contribution is 2.24. The van der Waals surface area contributed by atoms with Gasteiger partial charge in [-0.2, -0.15) is 0 Å². The first-order chi connectivity index (χ1) is 6.27. The highest BCUT2D eigenvalue weighted by molar-refractivity contribution is 5.74. The summed E-state index contributed by atoms with van der Waals surface area (Å²) in [4.78, 5) is 11.2. The normalized spacial score (nSPS) is 28.2. The number of esters is 1. The van der Waals surface area contributed by atoms with Crippen LogP contribution in [-0.4, -0.2) is 13.1 Å². The van der Waals surface area contributed by atoms with Crippen LogP contribution >= 0.6 is 0 Å². The van der Waals surface area contributed by atoms with E-state index in [9.17, 15) is 4.79 Å². The Bertz CT molecular complexity index is 196. The van der Waals surface area contributed by atoms with Crippen molar-refractivity contribution in [3.8, 4) is 0 Å². The average molecular weight is 182 g/mol. The number of rotatable bonds is 2. The lowest BCUT2D eigenvalue weighted by molar-refractivity contribution is -0.143. The minimum Gasteiger partial charge on any atom is -0.469 e. The number of hydrogen-bond donors (Lipinski definition) is 0. The van der Waals surface area contributed by atoms with E-state index in [-0.39, 0.29) is 11.9 Å².